The number of amidine groups is 1. The van der Waals surface area contributed by atoms with Gasteiger partial charge in [-0.3, -0.25) is 9.82 Å². The van der Waals surface area contributed by atoms with Gasteiger partial charge < -0.3 is 4.74 Å². The molecule has 0 amide bonds. The van der Waals surface area contributed by atoms with Gasteiger partial charge in [0.1, 0.15) is 24.9 Å². The smallest absolute Gasteiger partial charge is 0.373 e. The average Bonchev–Trinajstić information content (AvgIpc) is 2.53. The lowest BCUT2D eigenvalue weighted by molar-refractivity contribution is -0.481. The average molecular weight is 288 g/mol. The van der Waals surface area contributed by atoms with Crippen molar-refractivity contribution in [1.82, 2.24) is 9.88 Å². The van der Waals surface area contributed by atoms with Gasteiger partial charge in [-0.15, -0.1) is 0 Å². The molecule has 7 heteroatoms. The van der Waals surface area contributed by atoms with Gasteiger partial charge in [-0.2, -0.15) is 5.26 Å². The molecule has 0 aromatic carbocycles. The monoisotopic (exact) mass is 288 g/mol. The molecule has 2 rings (SSSR count). The number of nitrogens with zero attached hydrogens (tertiary/aromatic N) is 5. The predicted molar refractivity (Wildman–Crippen MR) is 77.0 cm³/mol. The van der Waals surface area contributed by atoms with Crippen molar-refractivity contribution in [2.24, 2.45) is 5.16 Å². The largest absolute Gasteiger partial charge is 0.472 e. The van der Waals surface area contributed by atoms with E-state index in [1.54, 1.807) is 24.4 Å². The molecule has 0 atom stereocenters. The Labute approximate surface area is 123 Å². The number of morpholine rings is 1. The Morgan fingerprint density at radius 3 is 2.76 bits per heavy atom. The van der Waals surface area contributed by atoms with Crippen molar-refractivity contribution in [3.63, 3.8) is 0 Å². The van der Waals surface area contributed by atoms with Gasteiger partial charge in [0, 0.05) is 6.20 Å². The van der Waals surface area contributed by atoms with Crippen LogP contribution in [0.2, 0.25) is 0 Å². The molecule has 1 aliphatic heterocycles. The number of nitriles is 1. The molecular formula is C14H18N5O2+. The maximum atomic E-state index is 9.18. The highest BCUT2D eigenvalue weighted by Crippen LogP contribution is 2.02. The van der Waals surface area contributed by atoms with Crippen LogP contribution in [0.15, 0.2) is 29.6 Å². The van der Waals surface area contributed by atoms with E-state index in [9.17, 15) is 5.26 Å². The SMILES string of the molecule is C[N+](C)=C(O/N=C(/C#N)c1ccccn1)N1CCOCC1. The van der Waals surface area contributed by atoms with Crippen LogP contribution < -0.4 is 0 Å². The van der Waals surface area contributed by atoms with Crippen molar-refractivity contribution in [1.29, 1.82) is 5.26 Å². The second kappa shape index (κ2) is 7.36. The molecular weight excluding hydrogens is 270 g/mol. The number of rotatable bonds is 2. The Balaban J connectivity index is 2.16. The summed E-state index contributed by atoms with van der Waals surface area (Å²) in [5, 5.41) is 13.1. The van der Waals surface area contributed by atoms with Gasteiger partial charge >= 0.3 is 6.02 Å². The van der Waals surface area contributed by atoms with Crippen LogP contribution in [0.25, 0.3) is 0 Å². The van der Waals surface area contributed by atoms with Gasteiger partial charge in [0.25, 0.3) is 0 Å². The van der Waals surface area contributed by atoms with E-state index in [2.05, 4.69) is 10.1 Å². The highest BCUT2D eigenvalue weighted by molar-refractivity contribution is 6.10. The van der Waals surface area contributed by atoms with Crippen LogP contribution in [0.1, 0.15) is 5.69 Å². The molecule has 0 saturated carbocycles. The first kappa shape index (κ1) is 14.9. The van der Waals surface area contributed by atoms with Crippen LogP contribution in [-0.4, -0.2) is 66.6 Å². The molecule has 110 valence electrons. The number of aromatic nitrogens is 1. The zero-order valence-electron chi connectivity index (χ0n) is 12.2. The van der Waals surface area contributed by atoms with Gasteiger partial charge in [0.2, 0.25) is 5.71 Å². The fraction of sp³-hybridized carbons (Fsp3) is 0.429. The summed E-state index contributed by atoms with van der Waals surface area (Å²) in [4.78, 5) is 11.6. The first-order valence-corrected chi connectivity index (χ1v) is 6.66. The number of oxime groups is 1. The Kier molecular flexibility index (Phi) is 5.23. The summed E-state index contributed by atoms with van der Waals surface area (Å²) >= 11 is 0. The molecule has 1 fully saturated rings. The lowest BCUT2D eigenvalue weighted by atomic mass is 10.2. The van der Waals surface area contributed by atoms with Crippen molar-refractivity contribution >= 4 is 11.7 Å². The lowest BCUT2D eigenvalue weighted by Crippen LogP contribution is -2.44. The second-order valence-electron chi connectivity index (χ2n) is 4.63. The van der Waals surface area contributed by atoms with Crippen LogP contribution in [0.5, 0.6) is 0 Å². The third-order valence-electron chi connectivity index (χ3n) is 2.90. The van der Waals surface area contributed by atoms with Crippen molar-refractivity contribution in [2.75, 3.05) is 40.4 Å². The second-order valence-corrected chi connectivity index (χ2v) is 4.63. The Morgan fingerprint density at radius 2 is 2.19 bits per heavy atom. The first-order chi connectivity index (χ1) is 10.2. The minimum Gasteiger partial charge on any atom is -0.373 e. The molecule has 0 aliphatic carbocycles. The van der Waals surface area contributed by atoms with Crippen molar-refractivity contribution in [3.05, 3.63) is 30.1 Å². The van der Waals surface area contributed by atoms with Crippen LogP contribution in [0.4, 0.5) is 0 Å². The molecule has 0 unspecified atom stereocenters. The van der Waals surface area contributed by atoms with E-state index >= 15 is 0 Å². The maximum absolute atomic E-state index is 9.18. The van der Waals surface area contributed by atoms with Crippen LogP contribution >= 0.6 is 0 Å². The minimum absolute atomic E-state index is 0.142. The highest BCUT2D eigenvalue weighted by atomic mass is 16.7. The van der Waals surface area contributed by atoms with E-state index < -0.39 is 0 Å². The summed E-state index contributed by atoms with van der Waals surface area (Å²) < 4.78 is 7.14. The van der Waals surface area contributed by atoms with E-state index in [-0.39, 0.29) is 5.71 Å². The molecule has 0 radical (unpaired) electrons. The van der Waals surface area contributed by atoms with Crippen molar-refractivity contribution < 1.29 is 14.1 Å². The summed E-state index contributed by atoms with van der Waals surface area (Å²) in [5.41, 5.74) is 0.628. The number of hydrogen-bond acceptors (Lipinski definition) is 5. The van der Waals surface area contributed by atoms with Crippen molar-refractivity contribution in [2.45, 2.75) is 0 Å². The minimum atomic E-state index is 0.142. The highest BCUT2D eigenvalue weighted by Gasteiger charge is 2.26. The predicted octanol–water partition coefficient (Wildman–Crippen LogP) is 0.286. The maximum Gasteiger partial charge on any atom is 0.472 e. The molecule has 0 N–H and O–H groups in total. The Bertz CT molecular complexity index is 567. The number of ether oxygens (including phenoxy) is 1. The third kappa shape index (κ3) is 4.00. The molecule has 1 saturated heterocycles. The fourth-order valence-corrected chi connectivity index (χ4v) is 1.89. The van der Waals surface area contributed by atoms with Gasteiger partial charge in [-0.05, 0) is 12.1 Å². The van der Waals surface area contributed by atoms with Crippen molar-refractivity contribution in [3.8, 4) is 6.07 Å². The van der Waals surface area contributed by atoms with E-state index in [1.807, 2.05) is 29.6 Å². The third-order valence-corrected chi connectivity index (χ3v) is 2.90. The Morgan fingerprint density at radius 1 is 1.43 bits per heavy atom. The zero-order chi connectivity index (χ0) is 15.1. The van der Waals surface area contributed by atoms with Crippen LogP contribution in [0, 0.1) is 11.3 Å². The molecule has 7 nitrogen and oxygen atoms in total. The van der Waals surface area contributed by atoms with E-state index in [0.717, 1.165) is 13.1 Å². The van der Waals surface area contributed by atoms with Gasteiger partial charge in [0.05, 0.1) is 27.3 Å². The van der Waals surface area contributed by atoms with Gasteiger partial charge in [0.15, 0.2) is 0 Å². The summed E-state index contributed by atoms with van der Waals surface area (Å²) in [6, 6.07) is 7.89. The lowest BCUT2D eigenvalue weighted by Gasteiger charge is -2.21. The van der Waals surface area contributed by atoms with Crippen LogP contribution in [0.3, 0.4) is 0 Å². The van der Waals surface area contributed by atoms with E-state index in [4.69, 9.17) is 9.57 Å². The van der Waals surface area contributed by atoms with Gasteiger partial charge in [-0.25, -0.2) is 9.48 Å². The molecule has 2 heterocycles. The summed E-state index contributed by atoms with van der Waals surface area (Å²) in [5.74, 6) is 0. The summed E-state index contributed by atoms with van der Waals surface area (Å²) in [7, 11) is 3.74. The zero-order valence-corrected chi connectivity index (χ0v) is 12.2. The number of pyridine rings is 1. The first-order valence-electron chi connectivity index (χ1n) is 6.66. The normalized spacial score (nSPS) is 15.3. The summed E-state index contributed by atoms with van der Waals surface area (Å²) in [6.07, 6.45) is 1.61. The fourth-order valence-electron chi connectivity index (χ4n) is 1.89. The molecule has 0 spiro atoms. The topological polar surface area (TPSA) is 73.8 Å². The Hall–Kier alpha value is -2.46. The number of hydrogen-bond donors (Lipinski definition) is 0. The van der Waals surface area contributed by atoms with Crippen LogP contribution in [-0.2, 0) is 9.57 Å². The molecule has 1 aliphatic rings. The molecule has 1 aromatic heterocycles. The van der Waals surface area contributed by atoms with E-state index in [1.165, 1.54) is 0 Å². The van der Waals surface area contributed by atoms with E-state index in [0.29, 0.717) is 24.9 Å². The molecule has 0 bridgehead atoms. The molecule has 21 heavy (non-hydrogen) atoms. The molecule has 1 aromatic rings. The summed E-state index contributed by atoms with van der Waals surface area (Å²) in [6.45, 7) is 2.76. The standard InChI is InChI=1S/C14H18N5O2/c1-18(2)14(19-7-9-20-10-8-19)21-17-13(11-15)12-5-3-4-6-16-12/h3-6H,7-10H2,1-2H3/q+1/b17-13-. The quantitative estimate of drug-likeness (QED) is 0.338. The van der Waals surface area contributed by atoms with Gasteiger partial charge in [-0.1, -0.05) is 11.2 Å².